The number of hydrogen-bond acceptors (Lipinski definition) is 8. The zero-order valence-electron chi connectivity index (χ0n) is 15.3. The number of rotatable bonds is 5. The van der Waals surface area contributed by atoms with E-state index in [1.807, 2.05) is 16.7 Å². The van der Waals surface area contributed by atoms with E-state index in [1.54, 1.807) is 12.1 Å². The number of nitro benzene ring substituents is 1. The van der Waals surface area contributed by atoms with Crippen LogP contribution in [-0.4, -0.2) is 68.0 Å². The molecule has 4 rings (SSSR count). The van der Waals surface area contributed by atoms with Gasteiger partial charge in [0.05, 0.1) is 17.5 Å². The number of hydrogen-bond donors (Lipinski definition) is 0. The van der Waals surface area contributed by atoms with Crippen LogP contribution in [0.4, 0.5) is 5.69 Å². The second-order valence-corrected chi connectivity index (χ2v) is 8.11. The van der Waals surface area contributed by atoms with Crippen LogP contribution in [0.1, 0.15) is 18.7 Å². The number of amides is 1. The highest BCUT2D eigenvalue weighted by Crippen LogP contribution is 2.24. The fourth-order valence-electron chi connectivity index (χ4n) is 3.63. The van der Waals surface area contributed by atoms with Gasteiger partial charge in [0.25, 0.3) is 5.69 Å². The fraction of sp³-hybridized carbons (Fsp3) is 0.500. The Labute approximate surface area is 166 Å². The first-order valence-electron chi connectivity index (χ1n) is 9.30. The molecule has 2 saturated heterocycles. The van der Waals surface area contributed by atoms with Gasteiger partial charge in [0, 0.05) is 42.3 Å². The molecule has 2 aliphatic rings. The predicted molar refractivity (Wildman–Crippen MR) is 104 cm³/mol. The summed E-state index contributed by atoms with van der Waals surface area (Å²) in [6.45, 7) is 2.89. The number of benzene rings is 1. The quantitative estimate of drug-likeness (QED) is 0.552. The Bertz CT molecular complexity index is 850. The van der Waals surface area contributed by atoms with Crippen molar-refractivity contribution in [1.29, 1.82) is 0 Å². The molecular formula is C18H21N5O4S. The number of thioether (sulfide) groups is 1. The van der Waals surface area contributed by atoms with E-state index in [4.69, 9.17) is 4.52 Å². The molecule has 148 valence electrons. The van der Waals surface area contributed by atoms with Crippen molar-refractivity contribution < 1.29 is 14.2 Å². The topological polar surface area (TPSA) is 106 Å². The SMILES string of the molecule is O=C(C1CCCN1Cc1nc(-c2ccc([N+](=O)[O-])cc2)no1)N1CCSCC1. The molecule has 0 bridgehead atoms. The number of carbonyl (C=O) groups excluding carboxylic acids is 1. The third-order valence-electron chi connectivity index (χ3n) is 5.11. The lowest BCUT2D eigenvalue weighted by Crippen LogP contribution is -2.48. The van der Waals surface area contributed by atoms with E-state index in [9.17, 15) is 14.9 Å². The molecule has 0 spiro atoms. The molecule has 1 aromatic heterocycles. The molecule has 10 heteroatoms. The molecule has 28 heavy (non-hydrogen) atoms. The third-order valence-corrected chi connectivity index (χ3v) is 6.06. The van der Waals surface area contributed by atoms with Crippen molar-refractivity contribution in [1.82, 2.24) is 19.9 Å². The van der Waals surface area contributed by atoms with E-state index in [-0.39, 0.29) is 17.6 Å². The van der Waals surface area contributed by atoms with Crippen LogP contribution in [0.15, 0.2) is 28.8 Å². The van der Waals surface area contributed by atoms with Crippen molar-refractivity contribution >= 4 is 23.4 Å². The summed E-state index contributed by atoms with van der Waals surface area (Å²) < 4.78 is 5.37. The van der Waals surface area contributed by atoms with Crippen molar-refractivity contribution in [3.8, 4) is 11.4 Å². The maximum atomic E-state index is 12.9. The van der Waals surface area contributed by atoms with Crippen molar-refractivity contribution in [3.05, 3.63) is 40.3 Å². The van der Waals surface area contributed by atoms with Crippen molar-refractivity contribution in [3.63, 3.8) is 0 Å². The van der Waals surface area contributed by atoms with Crippen LogP contribution >= 0.6 is 11.8 Å². The smallest absolute Gasteiger partial charge is 0.269 e. The van der Waals surface area contributed by atoms with Gasteiger partial charge in [-0.1, -0.05) is 5.16 Å². The molecule has 9 nitrogen and oxygen atoms in total. The minimum Gasteiger partial charge on any atom is -0.340 e. The monoisotopic (exact) mass is 403 g/mol. The minimum atomic E-state index is -0.447. The molecule has 0 saturated carbocycles. The number of carbonyl (C=O) groups is 1. The van der Waals surface area contributed by atoms with Crippen molar-refractivity contribution in [2.45, 2.75) is 25.4 Å². The van der Waals surface area contributed by atoms with Gasteiger partial charge in [0.15, 0.2) is 0 Å². The molecule has 1 amide bonds. The van der Waals surface area contributed by atoms with Crippen LogP contribution in [-0.2, 0) is 11.3 Å². The third kappa shape index (κ3) is 4.02. The number of nitrogens with zero attached hydrogens (tertiary/aromatic N) is 5. The second kappa shape index (κ2) is 8.27. The normalized spacial score (nSPS) is 20.4. The molecule has 2 aliphatic heterocycles. The summed E-state index contributed by atoms with van der Waals surface area (Å²) in [5, 5.41) is 14.7. The lowest BCUT2D eigenvalue weighted by atomic mass is 10.2. The summed E-state index contributed by atoms with van der Waals surface area (Å²) in [4.78, 5) is 31.7. The number of aromatic nitrogens is 2. The Hall–Kier alpha value is -2.46. The predicted octanol–water partition coefficient (Wildman–Crippen LogP) is 2.18. The van der Waals surface area contributed by atoms with E-state index in [1.165, 1.54) is 12.1 Å². The average molecular weight is 403 g/mol. The summed E-state index contributed by atoms with van der Waals surface area (Å²) in [7, 11) is 0. The molecule has 1 atom stereocenters. The molecule has 1 unspecified atom stereocenters. The zero-order valence-corrected chi connectivity index (χ0v) is 16.1. The van der Waals surface area contributed by atoms with Gasteiger partial charge < -0.3 is 9.42 Å². The summed E-state index contributed by atoms with van der Waals surface area (Å²) in [5.74, 6) is 3.04. The van der Waals surface area contributed by atoms with E-state index < -0.39 is 4.92 Å². The highest BCUT2D eigenvalue weighted by Gasteiger charge is 2.35. The fourth-order valence-corrected chi connectivity index (χ4v) is 4.53. The van der Waals surface area contributed by atoms with Crippen LogP contribution in [0.25, 0.3) is 11.4 Å². The van der Waals surface area contributed by atoms with Crippen LogP contribution in [0, 0.1) is 10.1 Å². The van der Waals surface area contributed by atoms with Gasteiger partial charge in [-0.3, -0.25) is 19.8 Å². The second-order valence-electron chi connectivity index (χ2n) is 6.88. The lowest BCUT2D eigenvalue weighted by Gasteiger charge is -2.31. The molecule has 2 aromatic rings. The molecule has 0 N–H and O–H groups in total. The van der Waals surface area contributed by atoms with Gasteiger partial charge in [-0.25, -0.2) is 0 Å². The molecule has 0 aliphatic carbocycles. The van der Waals surface area contributed by atoms with Gasteiger partial charge in [-0.2, -0.15) is 16.7 Å². The van der Waals surface area contributed by atoms with Crippen molar-refractivity contribution in [2.75, 3.05) is 31.1 Å². The summed E-state index contributed by atoms with van der Waals surface area (Å²) in [6.07, 6.45) is 1.83. The first-order chi connectivity index (χ1) is 13.6. The standard InChI is InChI=1S/C18H21N5O4S/c24-18(21-8-10-28-11-9-21)15-2-1-7-22(15)12-16-19-17(20-27-16)13-3-5-14(6-4-13)23(25)26/h3-6,15H,1-2,7-12H2. The zero-order chi connectivity index (χ0) is 19.5. The Morgan fingerprint density at radius 1 is 1.25 bits per heavy atom. The van der Waals surface area contributed by atoms with Crippen LogP contribution in [0.2, 0.25) is 0 Å². The van der Waals surface area contributed by atoms with Gasteiger partial charge in [-0.15, -0.1) is 0 Å². The molecule has 1 aromatic carbocycles. The molecule has 0 radical (unpaired) electrons. The molecule has 3 heterocycles. The molecule has 2 fully saturated rings. The number of nitro groups is 1. The van der Waals surface area contributed by atoms with Crippen LogP contribution in [0.3, 0.4) is 0 Å². The van der Waals surface area contributed by atoms with Gasteiger partial charge in [-0.05, 0) is 31.5 Å². The van der Waals surface area contributed by atoms with Crippen molar-refractivity contribution in [2.24, 2.45) is 0 Å². The average Bonchev–Trinajstić information content (AvgIpc) is 3.38. The first-order valence-corrected chi connectivity index (χ1v) is 10.5. The first kappa shape index (κ1) is 18.9. The summed E-state index contributed by atoms with van der Waals surface area (Å²) in [6, 6.07) is 5.90. The van der Waals surface area contributed by atoms with Crippen LogP contribution in [0.5, 0.6) is 0 Å². The maximum absolute atomic E-state index is 12.9. The van der Waals surface area contributed by atoms with E-state index in [0.717, 1.165) is 44.0 Å². The number of non-ortho nitro benzene ring substituents is 1. The minimum absolute atomic E-state index is 0.0157. The summed E-state index contributed by atoms with van der Waals surface area (Å²) in [5.41, 5.74) is 0.669. The summed E-state index contributed by atoms with van der Waals surface area (Å²) >= 11 is 1.89. The van der Waals surface area contributed by atoms with E-state index in [2.05, 4.69) is 15.0 Å². The van der Waals surface area contributed by atoms with Gasteiger partial charge in [0.1, 0.15) is 0 Å². The van der Waals surface area contributed by atoms with Gasteiger partial charge in [0.2, 0.25) is 17.6 Å². The largest absolute Gasteiger partial charge is 0.340 e. The number of likely N-dealkylation sites (tertiary alicyclic amines) is 1. The Morgan fingerprint density at radius 3 is 2.71 bits per heavy atom. The van der Waals surface area contributed by atoms with E-state index >= 15 is 0 Å². The molecular weight excluding hydrogens is 382 g/mol. The van der Waals surface area contributed by atoms with E-state index in [0.29, 0.717) is 23.8 Å². The Kier molecular flexibility index (Phi) is 5.58. The van der Waals surface area contributed by atoms with Crippen LogP contribution < -0.4 is 0 Å². The van der Waals surface area contributed by atoms with Gasteiger partial charge >= 0.3 is 0 Å². The Morgan fingerprint density at radius 2 is 2.00 bits per heavy atom. The highest BCUT2D eigenvalue weighted by molar-refractivity contribution is 7.99. The lowest BCUT2D eigenvalue weighted by molar-refractivity contribution is -0.384. The maximum Gasteiger partial charge on any atom is 0.269 e. The highest BCUT2D eigenvalue weighted by atomic mass is 32.2. The Balaban J connectivity index is 1.42.